The first kappa shape index (κ1) is 25.3. The molecule has 0 radical (unpaired) electrons. The van der Waals surface area contributed by atoms with E-state index in [1.54, 1.807) is 14.2 Å². The van der Waals surface area contributed by atoms with Crippen LogP contribution < -0.4 is 20.1 Å². The van der Waals surface area contributed by atoms with Gasteiger partial charge in [-0.15, -0.1) is 24.0 Å². The highest BCUT2D eigenvalue weighted by Crippen LogP contribution is 2.33. The van der Waals surface area contributed by atoms with Crippen molar-refractivity contribution < 1.29 is 9.47 Å². The first-order chi connectivity index (χ1) is 14.7. The van der Waals surface area contributed by atoms with Crippen LogP contribution in [0.3, 0.4) is 0 Å². The Kier molecular flexibility index (Phi) is 10.9. The molecular weight excluding hydrogens is 503 g/mol. The Morgan fingerprint density at radius 3 is 2.35 bits per heavy atom. The third kappa shape index (κ3) is 7.57. The van der Waals surface area contributed by atoms with Gasteiger partial charge in [-0.3, -0.25) is 9.89 Å². The number of ether oxygens (including phenoxy) is 2. The smallest absolute Gasteiger partial charge is 0.191 e. The van der Waals surface area contributed by atoms with Crippen LogP contribution >= 0.6 is 24.0 Å². The summed E-state index contributed by atoms with van der Waals surface area (Å²) in [4.78, 5) is 6.80. The number of guanidine groups is 1. The van der Waals surface area contributed by atoms with E-state index in [4.69, 9.17) is 9.47 Å². The summed E-state index contributed by atoms with van der Waals surface area (Å²) < 4.78 is 10.9. The average Bonchev–Trinajstić information content (AvgIpc) is 2.80. The molecule has 0 aliphatic carbocycles. The minimum atomic E-state index is 0. The maximum absolute atomic E-state index is 5.46. The van der Waals surface area contributed by atoms with Crippen molar-refractivity contribution in [2.24, 2.45) is 4.99 Å². The average molecular weight is 538 g/mol. The van der Waals surface area contributed by atoms with Crippen molar-refractivity contribution in [3.63, 3.8) is 0 Å². The molecule has 0 amide bonds. The number of halogens is 1. The van der Waals surface area contributed by atoms with Gasteiger partial charge in [-0.25, -0.2) is 0 Å². The van der Waals surface area contributed by atoms with E-state index in [1.807, 2.05) is 7.05 Å². The van der Waals surface area contributed by atoms with Crippen LogP contribution in [0.2, 0.25) is 0 Å². The van der Waals surface area contributed by atoms with Crippen molar-refractivity contribution in [3.05, 3.63) is 59.2 Å². The predicted molar refractivity (Wildman–Crippen MR) is 138 cm³/mol. The van der Waals surface area contributed by atoms with E-state index in [2.05, 4.69) is 63.0 Å². The summed E-state index contributed by atoms with van der Waals surface area (Å²) >= 11 is 0. The van der Waals surface area contributed by atoms with Crippen molar-refractivity contribution in [3.8, 4) is 11.5 Å². The molecule has 6 nitrogen and oxygen atoms in total. The Labute approximate surface area is 203 Å². The second kappa shape index (κ2) is 13.4. The van der Waals surface area contributed by atoms with Gasteiger partial charge in [0, 0.05) is 39.8 Å². The summed E-state index contributed by atoms with van der Waals surface area (Å²) in [5.74, 6) is 2.48. The van der Waals surface area contributed by atoms with E-state index in [9.17, 15) is 0 Å². The van der Waals surface area contributed by atoms with Gasteiger partial charge >= 0.3 is 0 Å². The largest absolute Gasteiger partial charge is 0.493 e. The van der Waals surface area contributed by atoms with Gasteiger partial charge < -0.3 is 20.1 Å². The highest BCUT2D eigenvalue weighted by molar-refractivity contribution is 14.0. The lowest BCUT2D eigenvalue weighted by atomic mass is 9.99. The second-order valence-corrected chi connectivity index (χ2v) is 7.52. The van der Waals surface area contributed by atoms with Crippen LogP contribution in [0.4, 0.5) is 0 Å². The number of methoxy groups -OCH3 is 2. The number of rotatable bonds is 9. The molecule has 2 N–H and O–H groups in total. The maximum atomic E-state index is 5.46. The fraction of sp³-hybridized carbons (Fsp3) is 0.458. The number of benzene rings is 2. The fourth-order valence-corrected chi connectivity index (χ4v) is 3.83. The van der Waals surface area contributed by atoms with E-state index >= 15 is 0 Å². The molecule has 0 atom stereocenters. The first-order valence-corrected chi connectivity index (χ1v) is 10.7. The highest BCUT2D eigenvalue weighted by atomic mass is 127. The quantitative estimate of drug-likeness (QED) is 0.222. The van der Waals surface area contributed by atoms with Gasteiger partial charge in [-0.1, -0.05) is 30.3 Å². The van der Waals surface area contributed by atoms with Gasteiger partial charge in [0.1, 0.15) is 0 Å². The Bertz CT molecular complexity index is 830. The molecule has 0 aromatic heterocycles. The molecule has 0 saturated carbocycles. The van der Waals surface area contributed by atoms with E-state index < -0.39 is 0 Å². The lowest BCUT2D eigenvalue weighted by molar-refractivity contribution is 0.256. The molecule has 170 valence electrons. The number of aliphatic imine (C=N–C) groups is 1. The number of hydrogen-bond acceptors (Lipinski definition) is 4. The third-order valence-corrected chi connectivity index (χ3v) is 5.52. The number of fused-ring (bicyclic) bond motifs is 1. The normalized spacial score (nSPS) is 13.7. The van der Waals surface area contributed by atoms with Crippen molar-refractivity contribution >= 4 is 29.9 Å². The summed E-state index contributed by atoms with van der Waals surface area (Å²) in [5.41, 5.74) is 4.05. The van der Waals surface area contributed by atoms with Gasteiger partial charge in [-0.2, -0.15) is 0 Å². The lowest BCUT2D eigenvalue weighted by Gasteiger charge is -2.29. The zero-order valence-electron chi connectivity index (χ0n) is 18.8. The number of hydrogen-bond donors (Lipinski definition) is 2. The lowest BCUT2D eigenvalue weighted by Crippen LogP contribution is -2.42. The number of aryl methyl sites for hydroxylation is 1. The zero-order valence-corrected chi connectivity index (χ0v) is 21.1. The van der Waals surface area contributed by atoms with Crippen LogP contribution in [0.15, 0.2) is 47.5 Å². The third-order valence-electron chi connectivity index (χ3n) is 5.52. The number of nitrogens with one attached hydrogen (secondary N) is 2. The van der Waals surface area contributed by atoms with Crippen LogP contribution in [0.1, 0.15) is 23.1 Å². The SMILES string of the molecule is CN=C(NCCCc1ccccc1)NCCN1CCc2cc(OC)c(OC)cc2C1.I. The molecule has 2 aromatic rings. The molecule has 2 aromatic carbocycles. The summed E-state index contributed by atoms with van der Waals surface area (Å²) in [6.45, 7) is 4.72. The van der Waals surface area contributed by atoms with Gasteiger partial charge in [0.25, 0.3) is 0 Å². The molecule has 0 bridgehead atoms. The van der Waals surface area contributed by atoms with Crippen LogP contribution in [-0.4, -0.2) is 58.3 Å². The standard InChI is InChI=1S/C24H34N4O2.HI/c1-25-24(26-12-7-10-19-8-5-4-6-9-19)27-13-15-28-14-11-20-16-22(29-2)23(30-3)17-21(20)18-28;/h4-6,8-9,16-17H,7,10-15,18H2,1-3H3,(H2,25,26,27);1H. The van der Waals surface area contributed by atoms with Gasteiger partial charge in [0.15, 0.2) is 17.5 Å². The Balaban J connectivity index is 0.00000341. The summed E-state index contributed by atoms with van der Waals surface area (Å²) in [5, 5.41) is 6.84. The van der Waals surface area contributed by atoms with E-state index in [-0.39, 0.29) is 24.0 Å². The summed E-state index contributed by atoms with van der Waals surface area (Å²) in [6.07, 6.45) is 3.19. The number of nitrogens with zero attached hydrogens (tertiary/aromatic N) is 2. The highest BCUT2D eigenvalue weighted by Gasteiger charge is 2.19. The second-order valence-electron chi connectivity index (χ2n) is 7.52. The van der Waals surface area contributed by atoms with Crippen LogP contribution in [0.5, 0.6) is 11.5 Å². The van der Waals surface area contributed by atoms with E-state index in [0.717, 1.165) is 69.4 Å². The first-order valence-electron chi connectivity index (χ1n) is 10.7. The topological polar surface area (TPSA) is 58.1 Å². The minimum Gasteiger partial charge on any atom is -0.493 e. The van der Waals surface area contributed by atoms with Crippen molar-refractivity contribution in [1.29, 1.82) is 0 Å². The molecule has 1 aliphatic heterocycles. The van der Waals surface area contributed by atoms with Crippen LogP contribution in [0.25, 0.3) is 0 Å². The molecule has 0 spiro atoms. The van der Waals surface area contributed by atoms with Crippen molar-refractivity contribution in [2.75, 3.05) is 47.4 Å². The Morgan fingerprint density at radius 2 is 1.68 bits per heavy atom. The summed E-state index contributed by atoms with van der Waals surface area (Å²) in [7, 11) is 5.20. The Morgan fingerprint density at radius 1 is 1.00 bits per heavy atom. The molecule has 7 heteroatoms. The molecule has 31 heavy (non-hydrogen) atoms. The maximum Gasteiger partial charge on any atom is 0.191 e. The Hall–Kier alpha value is -2.00. The molecule has 0 unspecified atom stereocenters. The molecule has 1 aliphatic rings. The molecule has 3 rings (SSSR count). The molecule has 0 saturated heterocycles. The van der Waals surface area contributed by atoms with E-state index in [0.29, 0.717) is 0 Å². The monoisotopic (exact) mass is 538 g/mol. The van der Waals surface area contributed by atoms with Gasteiger partial charge in [-0.05, 0) is 48.1 Å². The minimum absolute atomic E-state index is 0. The molecular formula is C24H35IN4O2. The molecule has 0 fully saturated rings. The van der Waals surface area contributed by atoms with Crippen LogP contribution in [-0.2, 0) is 19.4 Å². The van der Waals surface area contributed by atoms with Crippen molar-refractivity contribution in [1.82, 2.24) is 15.5 Å². The van der Waals surface area contributed by atoms with Gasteiger partial charge in [0.2, 0.25) is 0 Å². The van der Waals surface area contributed by atoms with Gasteiger partial charge in [0.05, 0.1) is 14.2 Å². The predicted octanol–water partition coefficient (Wildman–Crippen LogP) is 3.48. The fourth-order valence-electron chi connectivity index (χ4n) is 3.83. The zero-order chi connectivity index (χ0) is 21.2. The molecule has 1 heterocycles. The van der Waals surface area contributed by atoms with Crippen molar-refractivity contribution in [2.45, 2.75) is 25.8 Å². The van der Waals surface area contributed by atoms with E-state index in [1.165, 1.54) is 16.7 Å². The summed E-state index contributed by atoms with van der Waals surface area (Å²) in [6, 6.07) is 14.8. The van der Waals surface area contributed by atoms with Crippen LogP contribution in [0, 0.1) is 0 Å².